The third-order valence-electron chi connectivity index (χ3n) is 7.26. The molecule has 1 aromatic rings. The summed E-state index contributed by atoms with van der Waals surface area (Å²) in [5.74, 6) is 0.274. The van der Waals surface area contributed by atoms with Crippen molar-refractivity contribution in [2.75, 3.05) is 0 Å². The Hall–Kier alpha value is -2.66. The number of nitrogens with zero attached hydrogens (tertiary/aromatic N) is 3. The van der Waals surface area contributed by atoms with Gasteiger partial charge in [0.1, 0.15) is 6.04 Å². The number of halogens is 3. The zero-order valence-electron chi connectivity index (χ0n) is 18.5. The standard InChI is InChI=1S/C25H28F3N3O2/c1-24(33,25(26,27)28)18-8-4-17(5-9-18)23(32)31(20-12-13-20)19-10-6-16(7-11-19)21-3-2-14-30-22(21)15-29/h2-5,8-9,14,16,19-22,33H,6-7,10-13H2,1H3/t16-,19-,21?,22?,24-/m0/s1. The maximum Gasteiger partial charge on any atom is 0.421 e. The van der Waals surface area contributed by atoms with Crippen molar-refractivity contribution in [1.29, 1.82) is 5.26 Å². The van der Waals surface area contributed by atoms with Crippen molar-refractivity contribution < 1.29 is 23.1 Å². The number of hydrogen-bond acceptors (Lipinski definition) is 4. The van der Waals surface area contributed by atoms with Crippen molar-refractivity contribution in [3.05, 3.63) is 47.5 Å². The van der Waals surface area contributed by atoms with E-state index < -0.39 is 11.8 Å². The van der Waals surface area contributed by atoms with Gasteiger partial charge in [0.25, 0.3) is 5.91 Å². The van der Waals surface area contributed by atoms with E-state index in [2.05, 4.69) is 17.1 Å². The zero-order valence-corrected chi connectivity index (χ0v) is 18.5. The highest BCUT2D eigenvalue weighted by atomic mass is 19.4. The molecule has 176 valence electrons. The van der Waals surface area contributed by atoms with E-state index in [1.807, 2.05) is 11.0 Å². The Morgan fingerprint density at radius 3 is 2.18 bits per heavy atom. The van der Waals surface area contributed by atoms with Crippen molar-refractivity contribution in [2.45, 2.75) is 75.4 Å². The molecule has 0 aromatic heterocycles. The molecule has 3 aliphatic rings. The predicted molar refractivity (Wildman–Crippen MR) is 118 cm³/mol. The van der Waals surface area contributed by atoms with Gasteiger partial charge in [-0.2, -0.15) is 18.4 Å². The lowest BCUT2D eigenvalue weighted by Crippen LogP contribution is -2.45. The van der Waals surface area contributed by atoms with Gasteiger partial charge >= 0.3 is 6.18 Å². The molecule has 2 fully saturated rings. The number of alkyl halides is 3. The first-order valence-corrected chi connectivity index (χ1v) is 11.5. The van der Waals surface area contributed by atoms with Crippen molar-refractivity contribution in [2.24, 2.45) is 16.8 Å². The van der Waals surface area contributed by atoms with Crippen LogP contribution in [0.25, 0.3) is 0 Å². The van der Waals surface area contributed by atoms with Crippen LogP contribution in [0.3, 0.4) is 0 Å². The summed E-state index contributed by atoms with van der Waals surface area (Å²) in [7, 11) is 0. The molecular formula is C25H28F3N3O2. The lowest BCUT2D eigenvalue weighted by molar-refractivity contribution is -0.258. The molecule has 1 heterocycles. The summed E-state index contributed by atoms with van der Waals surface area (Å²) in [6.07, 6.45) is 6.15. The fourth-order valence-electron chi connectivity index (χ4n) is 5.06. The molecule has 2 aliphatic carbocycles. The molecule has 0 saturated heterocycles. The van der Waals surface area contributed by atoms with Crippen LogP contribution in [0, 0.1) is 23.2 Å². The summed E-state index contributed by atoms with van der Waals surface area (Å²) in [6, 6.07) is 7.28. The Bertz CT molecular complexity index is 966. The lowest BCUT2D eigenvalue weighted by atomic mass is 9.74. The highest BCUT2D eigenvalue weighted by molar-refractivity contribution is 5.95. The van der Waals surface area contributed by atoms with E-state index in [9.17, 15) is 28.3 Å². The number of rotatable bonds is 5. The smallest absolute Gasteiger partial charge is 0.376 e. The average Bonchev–Trinajstić information content (AvgIpc) is 3.64. The monoisotopic (exact) mass is 459 g/mol. The molecule has 2 unspecified atom stereocenters. The SMILES string of the molecule is C[C@](O)(c1ccc(C(=O)N(C2CC2)[C@H]2CC[C@H](C3C=CC=NC3C#N)CC2)cc1)C(F)(F)F. The van der Waals surface area contributed by atoms with Crippen LogP contribution in [-0.2, 0) is 5.60 Å². The molecule has 33 heavy (non-hydrogen) atoms. The van der Waals surface area contributed by atoms with Gasteiger partial charge in [-0.15, -0.1) is 0 Å². The number of allylic oxidation sites excluding steroid dienone is 1. The molecule has 3 atom stereocenters. The van der Waals surface area contributed by atoms with Crippen molar-refractivity contribution >= 4 is 12.1 Å². The topological polar surface area (TPSA) is 76.7 Å². The Morgan fingerprint density at radius 1 is 1.09 bits per heavy atom. The molecule has 2 saturated carbocycles. The Labute approximate surface area is 191 Å². The van der Waals surface area contributed by atoms with Crippen LogP contribution in [0.1, 0.15) is 61.4 Å². The number of dihydropyridines is 1. The van der Waals surface area contributed by atoms with Crippen LogP contribution < -0.4 is 0 Å². The minimum atomic E-state index is -4.80. The third kappa shape index (κ3) is 4.70. The number of aliphatic imine (C=N–C) groups is 1. The second-order valence-corrected chi connectivity index (χ2v) is 9.49. The van der Waals surface area contributed by atoms with E-state index >= 15 is 0 Å². The number of aliphatic hydroxyl groups is 1. The third-order valence-corrected chi connectivity index (χ3v) is 7.26. The highest BCUT2D eigenvalue weighted by Crippen LogP contribution is 2.41. The first-order valence-electron chi connectivity index (χ1n) is 11.5. The van der Waals surface area contributed by atoms with Crippen LogP contribution in [0.4, 0.5) is 13.2 Å². The molecule has 1 aliphatic heterocycles. The van der Waals surface area contributed by atoms with Crippen molar-refractivity contribution in [3.63, 3.8) is 0 Å². The molecule has 0 bridgehead atoms. The lowest BCUT2D eigenvalue weighted by Gasteiger charge is -2.39. The van der Waals surface area contributed by atoms with Crippen LogP contribution in [0.2, 0.25) is 0 Å². The van der Waals surface area contributed by atoms with E-state index in [4.69, 9.17) is 0 Å². The number of nitriles is 1. The molecule has 1 N–H and O–H groups in total. The van der Waals surface area contributed by atoms with Gasteiger partial charge in [-0.1, -0.05) is 18.2 Å². The van der Waals surface area contributed by atoms with Gasteiger partial charge in [-0.3, -0.25) is 9.79 Å². The molecule has 1 aromatic carbocycles. The first kappa shape index (κ1) is 23.5. The second kappa shape index (κ2) is 8.94. The highest BCUT2D eigenvalue weighted by Gasteiger charge is 2.51. The number of carbonyl (C=O) groups is 1. The van der Waals surface area contributed by atoms with E-state index in [0.29, 0.717) is 18.4 Å². The van der Waals surface area contributed by atoms with Gasteiger partial charge in [0.2, 0.25) is 0 Å². The summed E-state index contributed by atoms with van der Waals surface area (Å²) >= 11 is 0. The van der Waals surface area contributed by atoms with Gasteiger partial charge in [0.15, 0.2) is 5.60 Å². The number of carbonyl (C=O) groups excluding carboxylic acids is 1. The minimum Gasteiger partial charge on any atom is -0.376 e. The molecule has 8 heteroatoms. The van der Waals surface area contributed by atoms with Crippen molar-refractivity contribution in [3.8, 4) is 6.07 Å². The molecular weight excluding hydrogens is 431 g/mol. The Balaban J connectivity index is 1.44. The maximum absolute atomic E-state index is 13.3. The molecule has 0 radical (unpaired) electrons. The van der Waals surface area contributed by atoms with E-state index in [1.165, 1.54) is 24.3 Å². The van der Waals surface area contributed by atoms with Gasteiger partial charge in [0, 0.05) is 29.8 Å². The normalized spacial score (nSPS) is 29.2. The second-order valence-electron chi connectivity index (χ2n) is 9.49. The maximum atomic E-state index is 13.3. The molecule has 0 spiro atoms. The Morgan fingerprint density at radius 2 is 1.67 bits per heavy atom. The van der Waals surface area contributed by atoms with E-state index in [1.54, 1.807) is 6.21 Å². The van der Waals surface area contributed by atoms with Crippen LogP contribution in [0.15, 0.2) is 41.4 Å². The Kier molecular flexibility index (Phi) is 6.37. The van der Waals surface area contributed by atoms with Crippen LogP contribution in [-0.4, -0.2) is 46.4 Å². The zero-order chi connectivity index (χ0) is 23.8. The summed E-state index contributed by atoms with van der Waals surface area (Å²) in [4.78, 5) is 19.5. The van der Waals surface area contributed by atoms with Crippen LogP contribution >= 0.6 is 0 Å². The summed E-state index contributed by atoms with van der Waals surface area (Å²) < 4.78 is 39.4. The summed E-state index contributed by atoms with van der Waals surface area (Å²) in [5, 5.41) is 19.3. The van der Waals surface area contributed by atoms with Gasteiger partial charge in [0.05, 0.1) is 6.07 Å². The van der Waals surface area contributed by atoms with E-state index in [0.717, 1.165) is 38.5 Å². The number of hydrogen-bond donors (Lipinski definition) is 1. The van der Waals surface area contributed by atoms with Gasteiger partial charge in [-0.25, -0.2) is 0 Å². The number of amides is 1. The fraction of sp³-hybridized carbons (Fsp3) is 0.560. The van der Waals surface area contributed by atoms with E-state index in [-0.39, 0.29) is 35.5 Å². The quantitative estimate of drug-likeness (QED) is 0.689. The largest absolute Gasteiger partial charge is 0.421 e. The average molecular weight is 460 g/mol. The van der Waals surface area contributed by atoms with Gasteiger partial charge in [-0.05, 0) is 75.1 Å². The van der Waals surface area contributed by atoms with Crippen molar-refractivity contribution in [1.82, 2.24) is 4.90 Å². The first-order chi connectivity index (χ1) is 15.6. The summed E-state index contributed by atoms with van der Waals surface area (Å²) in [5.41, 5.74) is -2.93. The van der Waals surface area contributed by atoms with Crippen LogP contribution in [0.5, 0.6) is 0 Å². The molecule has 4 rings (SSSR count). The van der Waals surface area contributed by atoms with Gasteiger partial charge < -0.3 is 10.0 Å². The molecule has 5 nitrogen and oxygen atoms in total. The summed E-state index contributed by atoms with van der Waals surface area (Å²) in [6.45, 7) is 0.711. The minimum absolute atomic E-state index is 0.0795. The fourth-order valence-corrected chi connectivity index (χ4v) is 5.06. The predicted octanol–water partition coefficient (Wildman–Crippen LogP) is 4.77. The number of benzene rings is 1. The molecule has 1 amide bonds.